The molecule has 1 aromatic carbocycles. The van der Waals surface area contributed by atoms with Gasteiger partial charge < -0.3 is 15.7 Å². The first-order valence-corrected chi connectivity index (χ1v) is 10.7. The lowest BCUT2D eigenvalue weighted by atomic mass is 9.69. The number of hydrogen-bond donors (Lipinski definition) is 3. The molecule has 0 amide bonds. The maximum atomic E-state index is 12.1. The predicted octanol–water partition coefficient (Wildman–Crippen LogP) is 4.23. The van der Waals surface area contributed by atoms with Crippen molar-refractivity contribution in [2.45, 2.75) is 39.2 Å². The van der Waals surface area contributed by atoms with Gasteiger partial charge in [-0.1, -0.05) is 25.5 Å². The lowest BCUT2D eigenvalue weighted by molar-refractivity contribution is -0.139. The minimum Gasteiger partial charge on any atom is -0.480 e. The molecule has 0 aliphatic heterocycles. The van der Waals surface area contributed by atoms with E-state index in [0.717, 1.165) is 34.3 Å². The molecule has 0 saturated carbocycles. The maximum Gasteiger partial charge on any atom is 0.326 e. The van der Waals surface area contributed by atoms with Crippen LogP contribution in [0.2, 0.25) is 0 Å². The van der Waals surface area contributed by atoms with Gasteiger partial charge in [-0.25, -0.2) is 9.78 Å². The fourth-order valence-electron chi connectivity index (χ4n) is 4.06. The molecule has 2 aromatic heterocycles. The van der Waals surface area contributed by atoms with Gasteiger partial charge in [-0.05, 0) is 43.2 Å². The van der Waals surface area contributed by atoms with Crippen molar-refractivity contribution in [3.05, 3.63) is 72.3 Å². The number of aliphatic carboxylic acids is 1. The minimum atomic E-state index is -0.945. The van der Waals surface area contributed by atoms with Crippen molar-refractivity contribution in [1.29, 1.82) is 0 Å². The second kappa shape index (κ2) is 8.78. The third-order valence-corrected chi connectivity index (χ3v) is 6.01. The second-order valence-electron chi connectivity index (χ2n) is 8.32. The van der Waals surface area contributed by atoms with E-state index in [1.54, 1.807) is 18.6 Å². The van der Waals surface area contributed by atoms with Crippen molar-refractivity contribution >= 4 is 34.0 Å². The van der Waals surface area contributed by atoms with Gasteiger partial charge in [0.05, 0.1) is 5.41 Å². The van der Waals surface area contributed by atoms with Gasteiger partial charge in [0.1, 0.15) is 11.9 Å². The van der Waals surface area contributed by atoms with Crippen molar-refractivity contribution in [2.24, 2.45) is 5.41 Å². The average molecular weight is 431 g/mol. The highest BCUT2D eigenvalue weighted by atomic mass is 16.4. The number of aromatic nitrogens is 2. The topological polar surface area (TPSA) is 104 Å². The number of fused-ring (bicyclic) bond motifs is 1. The fraction of sp³-hybridized carbons (Fsp3) is 0.280. The first-order chi connectivity index (χ1) is 15.4. The summed E-state index contributed by atoms with van der Waals surface area (Å²) in [5, 5.41) is 18.1. The number of nitrogens with one attached hydrogen (secondary N) is 2. The lowest BCUT2D eigenvalue weighted by Crippen LogP contribution is -2.49. The van der Waals surface area contributed by atoms with Gasteiger partial charge in [0.2, 0.25) is 0 Å². The van der Waals surface area contributed by atoms with Crippen LogP contribution in [0.4, 0.5) is 11.5 Å². The highest BCUT2D eigenvalue weighted by Gasteiger charge is 2.44. The molecule has 7 heteroatoms. The molecule has 7 nitrogen and oxygen atoms in total. The first kappa shape index (κ1) is 21.5. The van der Waals surface area contributed by atoms with Gasteiger partial charge in [-0.3, -0.25) is 9.78 Å². The Kier molecular flexibility index (Phi) is 5.90. The summed E-state index contributed by atoms with van der Waals surface area (Å²) in [4.78, 5) is 32.5. The summed E-state index contributed by atoms with van der Waals surface area (Å²) in [6.45, 7) is 3.89. The molecular weight excluding hydrogens is 404 g/mol. The molecule has 0 fully saturated rings. The van der Waals surface area contributed by atoms with Gasteiger partial charge >= 0.3 is 5.97 Å². The van der Waals surface area contributed by atoms with Crippen LogP contribution >= 0.6 is 0 Å². The number of benzene rings is 1. The third-order valence-electron chi connectivity index (χ3n) is 6.01. The summed E-state index contributed by atoms with van der Waals surface area (Å²) in [6.07, 6.45) is 8.64. The SMILES string of the molecule is CCC[C@]1(C)C(=O)C=C1N[C@@H](Cc1ccc(Nc2nccc3cnccc23)cc1)C(=O)O. The first-order valence-electron chi connectivity index (χ1n) is 10.7. The molecule has 1 aliphatic carbocycles. The van der Waals surface area contributed by atoms with E-state index in [9.17, 15) is 14.7 Å². The highest BCUT2D eigenvalue weighted by Crippen LogP contribution is 2.40. The fourth-order valence-corrected chi connectivity index (χ4v) is 4.06. The Bertz CT molecular complexity index is 1180. The van der Waals surface area contributed by atoms with Crippen molar-refractivity contribution in [3.63, 3.8) is 0 Å². The predicted molar refractivity (Wildman–Crippen MR) is 124 cm³/mol. The van der Waals surface area contributed by atoms with E-state index in [0.29, 0.717) is 18.5 Å². The molecule has 32 heavy (non-hydrogen) atoms. The van der Waals surface area contributed by atoms with Crippen molar-refractivity contribution < 1.29 is 14.7 Å². The number of carboxylic acid groups (broad SMARTS) is 1. The van der Waals surface area contributed by atoms with Gasteiger partial charge in [-0.2, -0.15) is 0 Å². The van der Waals surface area contributed by atoms with Gasteiger partial charge in [-0.15, -0.1) is 0 Å². The van der Waals surface area contributed by atoms with Gasteiger partial charge in [0.25, 0.3) is 0 Å². The Morgan fingerprint density at radius 3 is 2.62 bits per heavy atom. The van der Waals surface area contributed by atoms with Crippen LogP contribution < -0.4 is 10.6 Å². The molecule has 0 unspecified atom stereocenters. The zero-order valence-electron chi connectivity index (χ0n) is 18.1. The number of carboxylic acids is 1. The summed E-state index contributed by atoms with van der Waals surface area (Å²) in [7, 11) is 0. The Morgan fingerprint density at radius 1 is 1.16 bits per heavy atom. The molecule has 3 N–H and O–H groups in total. The van der Waals surface area contributed by atoms with Crippen molar-refractivity contribution in [2.75, 3.05) is 5.32 Å². The monoisotopic (exact) mass is 430 g/mol. The molecule has 0 spiro atoms. The number of nitrogens with zero attached hydrogens (tertiary/aromatic N) is 2. The van der Waals surface area contributed by atoms with Gasteiger partial charge in [0, 0.05) is 53.2 Å². The summed E-state index contributed by atoms with van der Waals surface area (Å²) in [5.41, 5.74) is 1.85. The molecule has 0 radical (unpaired) electrons. The van der Waals surface area contributed by atoms with Crippen LogP contribution in [0.25, 0.3) is 10.8 Å². The largest absolute Gasteiger partial charge is 0.480 e. The number of anilines is 2. The highest BCUT2D eigenvalue weighted by molar-refractivity contribution is 6.04. The number of hydrogen-bond acceptors (Lipinski definition) is 6. The summed E-state index contributed by atoms with van der Waals surface area (Å²) >= 11 is 0. The Hall–Kier alpha value is -3.74. The molecule has 2 atom stereocenters. The Balaban J connectivity index is 1.45. The quantitative estimate of drug-likeness (QED) is 0.467. The van der Waals surface area contributed by atoms with Crippen molar-refractivity contribution in [1.82, 2.24) is 15.3 Å². The van der Waals surface area contributed by atoms with Crippen LogP contribution in [0.15, 0.2) is 66.8 Å². The number of carbonyl (C=O) groups excluding carboxylic acids is 1. The number of ketones is 1. The minimum absolute atomic E-state index is 0.0549. The molecule has 4 rings (SSSR count). The molecular formula is C25H26N4O3. The van der Waals surface area contributed by atoms with Crippen LogP contribution in [0, 0.1) is 5.41 Å². The van der Waals surface area contributed by atoms with E-state index in [2.05, 4.69) is 20.6 Å². The van der Waals surface area contributed by atoms with Crippen LogP contribution in [-0.2, 0) is 16.0 Å². The molecule has 3 aromatic rings. The smallest absolute Gasteiger partial charge is 0.326 e. The summed E-state index contributed by atoms with van der Waals surface area (Å²) < 4.78 is 0. The second-order valence-corrected chi connectivity index (χ2v) is 8.32. The van der Waals surface area contributed by atoms with E-state index >= 15 is 0 Å². The normalized spacial score (nSPS) is 18.6. The molecule has 2 heterocycles. The van der Waals surface area contributed by atoms with E-state index in [1.807, 2.05) is 50.2 Å². The Labute approximate surface area is 186 Å². The number of pyridine rings is 2. The van der Waals surface area contributed by atoms with Crippen molar-refractivity contribution in [3.8, 4) is 0 Å². The van der Waals surface area contributed by atoms with E-state index in [4.69, 9.17) is 0 Å². The third kappa shape index (κ3) is 4.19. The number of rotatable bonds is 9. The molecule has 1 aliphatic rings. The van der Waals surface area contributed by atoms with Gasteiger partial charge in [0.15, 0.2) is 5.78 Å². The van der Waals surface area contributed by atoms with E-state index in [1.165, 1.54) is 6.08 Å². The zero-order valence-corrected chi connectivity index (χ0v) is 18.1. The Morgan fingerprint density at radius 2 is 1.94 bits per heavy atom. The summed E-state index contributed by atoms with van der Waals surface area (Å²) in [6, 6.07) is 10.6. The maximum absolute atomic E-state index is 12.1. The standard InChI is InChI=1S/C25H26N4O3/c1-3-10-25(2)21(14-22(25)30)29-20(24(31)32)13-16-4-6-18(7-5-16)28-23-19-9-11-26-15-17(19)8-12-27-23/h4-9,11-12,14-15,20,29H,3,10,13H2,1-2H3,(H,27,28)(H,31,32)/t20-,25-/m0/s1. The van der Waals surface area contributed by atoms with E-state index in [-0.39, 0.29) is 5.78 Å². The van der Waals surface area contributed by atoms with E-state index < -0.39 is 17.4 Å². The zero-order chi connectivity index (χ0) is 22.7. The molecule has 0 bridgehead atoms. The summed E-state index contributed by atoms with van der Waals surface area (Å²) in [5.74, 6) is -0.154. The number of carbonyl (C=O) groups is 2. The van der Waals surface area contributed by atoms with Crippen LogP contribution in [0.5, 0.6) is 0 Å². The van der Waals surface area contributed by atoms with Crippen LogP contribution in [0.1, 0.15) is 32.3 Å². The lowest BCUT2D eigenvalue weighted by Gasteiger charge is -2.38. The van der Waals surface area contributed by atoms with Crippen LogP contribution in [0.3, 0.4) is 0 Å². The molecule has 0 saturated heterocycles. The number of allylic oxidation sites excluding steroid dienone is 2. The molecule has 164 valence electrons. The average Bonchev–Trinajstić information content (AvgIpc) is 2.79. The van der Waals surface area contributed by atoms with Crippen LogP contribution in [-0.4, -0.2) is 32.9 Å².